The number of carbonyl (C=O) groups is 1. The molecule has 34 heavy (non-hydrogen) atoms. The molecule has 3 aromatic heterocycles. The fourth-order valence-electron chi connectivity index (χ4n) is 3.36. The molecular weight excluding hydrogens is 504 g/mol. The second kappa shape index (κ2) is 8.40. The van der Waals surface area contributed by atoms with Gasteiger partial charge in [-0.2, -0.15) is 0 Å². The molecule has 0 bridgehead atoms. The van der Waals surface area contributed by atoms with Crippen LogP contribution in [0.25, 0.3) is 22.2 Å². The van der Waals surface area contributed by atoms with Crippen LogP contribution in [0.1, 0.15) is 32.6 Å². The Labute approximate surface area is 205 Å². The van der Waals surface area contributed by atoms with Gasteiger partial charge in [-0.25, -0.2) is 22.5 Å². The largest absolute Gasteiger partial charge is 0.444 e. The van der Waals surface area contributed by atoms with Crippen LogP contribution >= 0.6 is 22.9 Å². The lowest BCUT2D eigenvalue weighted by Crippen LogP contribution is -2.53. The number of guanidine groups is 1. The predicted molar refractivity (Wildman–Crippen MR) is 128 cm³/mol. The minimum Gasteiger partial charge on any atom is -0.444 e. The van der Waals surface area contributed by atoms with Crippen molar-refractivity contribution in [3.63, 3.8) is 0 Å². The van der Waals surface area contributed by atoms with E-state index in [-0.39, 0.29) is 11.7 Å². The van der Waals surface area contributed by atoms with Gasteiger partial charge in [0.1, 0.15) is 16.8 Å². The quantitative estimate of drug-likeness (QED) is 0.528. The Morgan fingerprint density at radius 2 is 2.06 bits per heavy atom. The van der Waals surface area contributed by atoms with E-state index in [9.17, 15) is 13.2 Å². The van der Waals surface area contributed by atoms with Crippen molar-refractivity contribution in [1.82, 2.24) is 24.8 Å². The van der Waals surface area contributed by atoms with Gasteiger partial charge in [0.25, 0.3) is 5.89 Å². The summed E-state index contributed by atoms with van der Waals surface area (Å²) < 4.78 is 37.3. The Bertz CT molecular complexity index is 1360. The van der Waals surface area contributed by atoms with Crippen LogP contribution in [0.4, 0.5) is 4.79 Å². The average Bonchev–Trinajstić information content (AvgIpc) is 3.43. The van der Waals surface area contributed by atoms with Crippen molar-refractivity contribution in [3.8, 4) is 22.2 Å². The van der Waals surface area contributed by atoms with Gasteiger partial charge in [-0.05, 0) is 45.9 Å². The number of amides is 1. The van der Waals surface area contributed by atoms with Gasteiger partial charge in [0.05, 0.1) is 26.2 Å². The van der Waals surface area contributed by atoms with Gasteiger partial charge in [-0.15, -0.1) is 21.5 Å². The maximum absolute atomic E-state index is 13.0. The van der Waals surface area contributed by atoms with E-state index < -0.39 is 27.3 Å². The number of rotatable bonds is 3. The fourth-order valence-corrected chi connectivity index (χ4v) is 6.53. The van der Waals surface area contributed by atoms with Crippen molar-refractivity contribution in [2.75, 3.05) is 12.8 Å². The minimum atomic E-state index is -3.81. The summed E-state index contributed by atoms with van der Waals surface area (Å²) in [6.45, 7) is 6.78. The topological polar surface area (TPSA) is 143 Å². The molecule has 0 unspecified atom stereocenters. The average molecular weight is 527 g/mol. The first-order valence-corrected chi connectivity index (χ1v) is 12.9. The van der Waals surface area contributed by atoms with Crippen molar-refractivity contribution in [3.05, 3.63) is 34.5 Å². The van der Waals surface area contributed by atoms with Crippen LogP contribution in [0.5, 0.6) is 0 Å². The molecule has 0 spiro atoms. The SMILES string of the molecule is CN1C(NC(=O)OC(C)(C)C)=N[C@](C)(c2sc(-c3ccc(-c4nnco4)[nH]3)cc2Cl)CS1(=O)=O. The number of aliphatic imine (C=N–C) groups is 1. The van der Waals surface area contributed by atoms with E-state index in [2.05, 4.69) is 25.5 Å². The third kappa shape index (κ3) is 4.81. The van der Waals surface area contributed by atoms with Gasteiger partial charge in [0.15, 0.2) is 0 Å². The lowest BCUT2D eigenvalue weighted by Gasteiger charge is -2.35. The first-order valence-electron chi connectivity index (χ1n) is 10.1. The molecular formula is C20H23ClN6O5S2. The second-order valence-electron chi connectivity index (χ2n) is 8.88. The number of carbonyl (C=O) groups excluding carboxylic acids is 1. The van der Waals surface area contributed by atoms with Crippen LogP contribution in [0.15, 0.2) is 34.0 Å². The molecule has 0 radical (unpaired) electrons. The summed E-state index contributed by atoms with van der Waals surface area (Å²) in [6.07, 6.45) is 0.425. The molecule has 0 saturated carbocycles. The summed E-state index contributed by atoms with van der Waals surface area (Å²) in [6, 6.07) is 5.36. The van der Waals surface area contributed by atoms with Crippen LogP contribution < -0.4 is 5.32 Å². The van der Waals surface area contributed by atoms with Crippen LogP contribution in [-0.2, 0) is 20.3 Å². The first kappa shape index (κ1) is 24.2. The molecule has 1 amide bonds. The molecule has 4 rings (SSSR count). The van der Waals surface area contributed by atoms with Crippen molar-refractivity contribution in [1.29, 1.82) is 0 Å². The number of H-pyrrole nitrogens is 1. The summed E-state index contributed by atoms with van der Waals surface area (Å²) in [5.74, 6) is -0.134. The zero-order chi connectivity index (χ0) is 24.9. The predicted octanol–water partition coefficient (Wildman–Crippen LogP) is 3.82. The number of alkyl carbamates (subject to hydrolysis) is 1. The van der Waals surface area contributed by atoms with Gasteiger partial charge in [-0.1, -0.05) is 11.6 Å². The van der Waals surface area contributed by atoms with Crippen molar-refractivity contribution >= 4 is 45.0 Å². The van der Waals surface area contributed by atoms with Crippen molar-refractivity contribution in [2.24, 2.45) is 4.99 Å². The zero-order valence-electron chi connectivity index (χ0n) is 19.0. The number of ether oxygens (including phenoxy) is 1. The normalized spacial score (nSPS) is 20.2. The molecule has 3 aromatic rings. The zero-order valence-corrected chi connectivity index (χ0v) is 21.4. The van der Waals surface area contributed by atoms with Crippen LogP contribution in [0.3, 0.4) is 0 Å². The van der Waals surface area contributed by atoms with Gasteiger partial charge >= 0.3 is 6.09 Å². The van der Waals surface area contributed by atoms with E-state index in [1.54, 1.807) is 39.8 Å². The molecule has 0 aromatic carbocycles. The lowest BCUT2D eigenvalue weighted by atomic mass is 10.0. The molecule has 182 valence electrons. The van der Waals surface area contributed by atoms with E-state index in [1.807, 2.05) is 6.07 Å². The molecule has 0 aliphatic carbocycles. The van der Waals surface area contributed by atoms with E-state index in [0.717, 1.165) is 14.9 Å². The standard InChI is InChI=1S/C20H23ClN6O5S2/c1-19(2,3)32-18(28)24-17-25-20(4,9-34(29,30)27(17)5)15-11(21)8-14(33-15)12-6-7-13(23-12)16-26-22-10-31-16/h6-8,10,23H,9H2,1-5H3,(H,24,25,28)/t20-/m0/s1. The molecule has 0 fully saturated rings. The monoisotopic (exact) mass is 526 g/mol. The maximum atomic E-state index is 13.0. The maximum Gasteiger partial charge on any atom is 0.414 e. The summed E-state index contributed by atoms with van der Waals surface area (Å²) in [7, 11) is -2.48. The highest BCUT2D eigenvalue weighted by atomic mass is 35.5. The molecule has 11 nitrogen and oxygen atoms in total. The van der Waals surface area contributed by atoms with Crippen molar-refractivity contribution < 1.29 is 22.4 Å². The minimum absolute atomic E-state index is 0.146. The number of halogens is 1. The first-order chi connectivity index (χ1) is 15.8. The number of aromatic amines is 1. The molecule has 1 aliphatic heterocycles. The molecule has 1 aliphatic rings. The highest BCUT2D eigenvalue weighted by Gasteiger charge is 2.44. The molecule has 0 saturated heterocycles. The number of thiophene rings is 1. The van der Waals surface area contributed by atoms with E-state index in [1.165, 1.54) is 24.8 Å². The summed E-state index contributed by atoms with van der Waals surface area (Å²) in [5, 5.41) is 10.3. The summed E-state index contributed by atoms with van der Waals surface area (Å²) in [4.78, 5) is 21.4. The van der Waals surface area contributed by atoms with Crippen LogP contribution in [0.2, 0.25) is 5.02 Å². The molecule has 1 atom stereocenters. The van der Waals surface area contributed by atoms with Crippen LogP contribution in [0, 0.1) is 0 Å². The third-order valence-corrected chi connectivity index (χ3v) is 8.63. The Morgan fingerprint density at radius 1 is 1.35 bits per heavy atom. The summed E-state index contributed by atoms with van der Waals surface area (Å²) >= 11 is 7.86. The fraction of sp³-hybridized carbons (Fsp3) is 0.400. The Morgan fingerprint density at radius 3 is 2.71 bits per heavy atom. The number of sulfonamides is 1. The number of nitrogens with one attached hydrogen (secondary N) is 2. The van der Waals surface area contributed by atoms with Gasteiger partial charge in [0, 0.05) is 7.05 Å². The van der Waals surface area contributed by atoms with Crippen LogP contribution in [-0.4, -0.2) is 58.4 Å². The number of hydrogen-bond acceptors (Lipinski definition) is 9. The van der Waals surface area contributed by atoms with E-state index in [4.69, 9.17) is 20.8 Å². The Kier molecular flexibility index (Phi) is 5.98. The van der Waals surface area contributed by atoms with E-state index in [0.29, 0.717) is 21.5 Å². The lowest BCUT2D eigenvalue weighted by molar-refractivity contribution is 0.0559. The molecule has 14 heteroatoms. The second-order valence-corrected chi connectivity index (χ2v) is 12.3. The Hall–Kier alpha value is -2.90. The van der Waals surface area contributed by atoms with E-state index >= 15 is 0 Å². The molecule has 2 N–H and O–H groups in total. The van der Waals surface area contributed by atoms with Gasteiger partial charge in [-0.3, -0.25) is 5.32 Å². The highest BCUT2D eigenvalue weighted by molar-refractivity contribution is 7.89. The summed E-state index contributed by atoms with van der Waals surface area (Å²) in [5.41, 5.74) is -0.630. The molecule has 4 heterocycles. The number of hydrogen-bond donors (Lipinski definition) is 2. The number of nitrogens with zero attached hydrogens (tertiary/aromatic N) is 4. The Balaban J connectivity index is 1.69. The smallest absolute Gasteiger partial charge is 0.414 e. The van der Waals surface area contributed by atoms with Crippen molar-refractivity contribution in [2.45, 2.75) is 38.8 Å². The highest BCUT2D eigenvalue weighted by Crippen LogP contribution is 2.44. The van der Waals surface area contributed by atoms with Gasteiger partial charge in [0.2, 0.25) is 22.4 Å². The van der Waals surface area contributed by atoms with Gasteiger partial charge < -0.3 is 14.1 Å². The number of aromatic nitrogens is 3. The third-order valence-electron chi connectivity index (χ3n) is 4.86.